The van der Waals surface area contributed by atoms with Gasteiger partial charge < -0.3 is 25.4 Å². The largest absolute Gasteiger partial charge is 0.358 e. The summed E-state index contributed by atoms with van der Waals surface area (Å²) >= 11 is 5.77. The molecule has 0 aliphatic carbocycles. The van der Waals surface area contributed by atoms with Crippen molar-refractivity contribution in [2.24, 2.45) is 0 Å². The molecule has 0 spiro atoms. The van der Waals surface area contributed by atoms with Crippen molar-refractivity contribution in [3.8, 4) is 0 Å². The van der Waals surface area contributed by atoms with Gasteiger partial charge in [-0.05, 0) is 75.7 Å². The number of aromatic amines is 1. The van der Waals surface area contributed by atoms with Gasteiger partial charge in [-0.15, -0.1) is 0 Å². The van der Waals surface area contributed by atoms with Crippen molar-refractivity contribution in [3.63, 3.8) is 0 Å². The summed E-state index contributed by atoms with van der Waals surface area (Å²) in [5.41, 5.74) is 3.93. The molecule has 46 heavy (non-hydrogen) atoms. The highest BCUT2D eigenvalue weighted by Crippen LogP contribution is 2.35. The van der Waals surface area contributed by atoms with Crippen LogP contribution >= 0.6 is 11.6 Å². The molecule has 0 atom stereocenters. The Morgan fingerprint density at radius 3 is 2.48 bits per heavy atom. The van der Waals surface area contributed by atoms with Gasteiger partial charge in [0.15, 0.2) is 0 Å². The van der Waals surface area contributed by atoms with E-state index in [0.717, 1.165) is 62.4 Å². The van der Waals surface area contributed by atoms with Crippen LogP contribution in [0.25, 0.3) is 11.6 Å². The van der Waals surface area contributed by atoms with Crippen LogP contribution in [0.4, 0.5) is 14.5 Å². The van der Waals surface area contributed by atoms with Crippen LogP contribution in [0.5, 0.6) is 0 Å². The molecule has 242 valence electrons. The van der Waals surface area contributed by atoms with Gasteiger partial charge >= 0.3 is 0 Å². The number of H-pyrrole nitrogens is 1. The molecular formula is C34H37ClF2N6O3. The normalized spacial score (nSPS) is 18.6. The number of aryl methyl sites for hydroxylation is 1. The number of benzene rings is 2. The van der Waals surface area contributed by atoms with Crippen LogP contribution in [0, 0.1) is 25.5 Å². The first-order valence-corrected chi connectivity index (χ1v) is 15.9. The molecule has 3 amide bonds. The van der Waals surface area contributed by atoms with Crippen LogP contribution in [-0.4, -0.2) is 89.8 Å². The number of halogens is 3. The highest BCUT2D eigenvalue weighted by atomic mass is 35.5. The Labute approximate surface area is 271 Å². The summed E-state index contributed by atoms with van der Waals surface area (Å²) in [6, 6.07) is 7.34. The van der Waals surface area contributed by atoms with Crippen molar-refractivity contribution >= 4 is 46.7 Å². The first kappa shape index (κ1) is 31.9. The fourth-order valence-electron chi connectivity index (χ4n) is 6.64. The van der Waals surface area contributed by atoms with E-state index in [1.54, 1.807) is 18.2 Å². The molecule has 3 aliphatic heterocycles. The van der Waals surface area contributed by atoms with Crippen LogP contribution in [0.3, 0.4) is 0 Å². The molecule has 0 unspecified atom stereocenters. The number of carbonyl (C=O) groups excluding carboxylic acids is 3. The van der Waals surface area contributed by atoms with Crippen LogP contribution in [-0.2, 0) is 11.3 Å². The zero-order valence-electron chi connectivity index (χ0n) is 26.1. The predicted molar refractivity (Wildman–Crippen MR) is 174 cm³/mol. The fraction of sp³-hybridized carbons (Fsp3) is 0.382. The highest BCUT2D eigenvalue weighted by molar-refractivity contribution is 6.35. The Bertz CT molecular complexity index is 1740. The Kier molecular flexibility index (Phi) is 9.00. The summed E-state index contributed by atoms with van der Waals surface area (Å²) < 4.78 is 28.5. The lowest BCUT2D eigenvalue weighted by Gasteiger charge is -2.42. The number of rotatable bonds is 6. The zero-order valence-corrected chi connectivity index (χ0v) is 26.9. The molecule has 2 saturated heterocycles. The molecule has 1 aromatic heterocycles. The quantitative estimate of drug-likeness (QED) is 0.262. The van der Waals surface area contributed by atoms with Gasteiger partial charge in [0.25, 0.3) is 17.7 Å². The summed E-state index contributed by atoms with van der Waals surface area (Å²) in [4.78, 5) is 49.8. The molecule has 2 fully saturated rings. The minimum Gasteiger partial charge on any atom is -0.358 e. The smallest absolute Gasteiger partial charge is 0.256 e. The molecular weight excluding hydrogens is 614 g/mol. The molecule has 0 radical (unpaired) electrons. The van der Waals surface area contributed by atoms with E-state index in [4.69, 9.17) is 11.6 Å². The van der Waals surface area contributed by atoms with E-state index in [9.17, 15) is 23.2 Å². The number of nitrogens with zero attached hydrogens (tertiary/aromatic N) is 3. The van der Waals surface area contributed by atoms with Gasteiger partial charge in [-0.3, -0.25) is 19.3 Å². The second kappa shape index (κ2) is 13.0. The van der Waals surface area contributed by atoms with E-state index in [2.05, 4.69) is 32.5 Å². The summed E-state index contributed by atoms with van der Waals surface area (Å²) in [5.74, 6) is -2.69. The van der Waals surface area contributed by atoms with E-state index in [1.165, 1.54) is 6.07 Å². The number of hydrogen-bond acceptors (Lipinski definition) is 5. The van der Waals surface area contributed by atoms with Crippen LogP contribution < -0.4 is 10.6 Å². The minimum atomic E-state index is -0.930. The number of aromatic nitrogens is 1. The topological polar surface area (TPSA) is 101 Å². The van der Waals surface area contributed by atoms with Gasteiger partial charge in [-0.2, -0.15) is 0 Å². The molecule has 3 N–H and O–H groups in total. The fourth-order valence-corrected chi connectivity index (χ4v) is 6.81. The van der Waals surface area contributed by atoms with Gasteiger partial charge in [0.2, 0.25) is 0 Å². The monoisotopic (exact) mass is 650 g/mol. The zero-order chi connectivity index (χ0) is 32.7. The summed E-state index contributed by atoms with van der Waals surface area (Å²) in [6.45, 7) is 9.00. The molecule has 4 heterocycles. The first-order valence-electron chi connectivity index (χ1n) is 15.5. The van der Waals surface area contributed by atoms with Gasteiger partial charge in [-0.25, -0.2) is 8.78 Å². The average molecular weight is 651 g/mol. The van der Waals surface area contributed by atoms with Crippen LogP contribution in [0.2, 0.25) is 5.02 Å². The van der Waals surface area contributed by atoms with Crippen LogP contribution in [0.15, 0.2) is 30.3 Å². The number of amides is 3. The maximum atomic E-state index is 14.3. The van der Waals surface area contributed by atoms with Crippen molar-refractivity contribution in [1.82, 2.24) is 25.0 Å². The average Bonchev–Trinajstić information content (AvgIpc) is 3.51. The van der Waals surface area contributed by atoms with E-state index >= 15 is 0 Å². The molecule has 2 aromatic carbocycles. The van der Waals surface area contributed by atoms with Crippen molar-refractivity contribution in [2.45, 2.75) is 39.3 Å². The standard InChI is InChI=1S/C34H37ClF2N6O3/c1-19-29(39-20(2)30(19)34(46)43-10-8-22(9-11-43)42-14-12-41(3)13-15-42)17-24-23-16-21(4-7-28(23)40-33(24)45)32(44)38-18-25-27(36)6-5-26(35)31(25)37/h4-7,16-17,22,39H,8-15,18H2,1-3H3,(H,38,44)(H,40,45). The van der Waals surface area contributed by atoms with Crippen molar-refractivity contribution in [1.29, 1.82) is 0 Å². The van der Waals surface area contributed by atoms with E-state index < -0.39 is 24.1 Å². The number of likely N-dealkylation sites (tertiary alicyclic amines) is 1. The lowest BCUT2D eigenvalue weighted by Crippen LogP contribution is -2.53. The first-order chi connectivity index (χ1) is 22.0. The predicted octanol–water partition coefficient (Wildman–Crippen LogP) is 4.84. The number of nitrogens with one attached hydrogen (secondary N) is 3. The third-order valence-electron chi connectivity index (χ3n) is 9.41. The Hall–Kier alpha value is -4.06. The number of carbonyl (C=O) groups is 3. The molecule has 9 nitrogen and oxygen atoms in total. The summed E-state index contributed by atoms with van der Waals surface area (Å²) in [5, 5.41) is 5.09. The highest BCUT2D eigenvalue weighted by Gasteiger charge is 2.31. The van der Waals surface area contributed by atoms with Crippen molar-refractivity contribution in [2.75, 3.05) is 51.6 Å². The Morgan fingerprint density at radius 2 is 1.76 bits per heavy atom. The van der Waals surface area contributed by atoms with E-state index in [0.29, 0.717) is 47.2 Å². The van der Waals surface area contributed by atoms with Gasteiger partial charge in [0, 0.05) is 85.6 Å². The van der Waals surface area contributed by atoms with Gasteiger partial charge in [0.1, 0.15) is 11.6 Å². The lowest BCUT2D eigenvalue weighted by atomic mass is 9.99. The molecule has 0 saturated carbocycles. The molecule has 3 aliphatic rings. The third-order valence-corrected chi connectivity index (χ3v) is 9.71. The maximum Gasteiger partial charge on any atom is 0.256 e. The number of hydrogen-bond donors (Lipinski definition) is 3. The van der Waals surface area contributed by atoms with Crippen LogP contribution in [0.1, 0.15) is 61.6 Å². The summed E-state index contributed by atoms with van der Waals surface area (Å²) in [7, 11) is 2.15. The Balaban J connectivity index is 1.17. The second-order valence-corrected chi connectivity index (χ2v) is 12.7. The van der Waals surface area contributed by atoms with E-state index in [1.807, 2.05) is 18.7 Å². The summed E-state index contributed by atoms with van der Waals surface area (Å²) in [6.07, 6.45) is 3.59. The minimum absolute atomic E-state index is 0.0180. The maximum absolute atomic E-state index is 14.3. The number of likely N-dealkylation sites (N-methyl/N-ethyl adjacent to an activating group) is 1. The van der Waals surface area contributed by atoms with Crippen molar-refractivity contribution < 1.29 is 23.2 Å². The van der Waals surface area contributed by atoms with Crippen molar-refractivity contribution in [3.05, 3.63) is 86.2 Å². The second-order valence-electron chi connectivity index (χ2n) is 12.3. The molecule has 0 bridgehead atoms. The van der Waals surface area contributed by atoms with Gasteiger partial charge in [0.05, 0.1) is 16.2 Å². The number of piperidine rings is 1. The number of anilines is 1. The molecule has 6 rings (SSSR count). The van der Waals surface area contributed by atoms with E-state index in [-0.39, 0.29) is 28.0 Å². The third kappa shape index (κ3) is 6.19. The number of piperazine rings is 1. The molecule has 3 aromatic rings. The Morgan fingerprint density at radius 1 is 1.04 bits per heavy atom. The molecule has 12 heteroatoms. The SMILES string of the molecule is Cc1[nH]c(C=C2C(=O)Nc3ccc(C(=O)NCc4c(F)ccc(Cl)c4F)cc32)c(C)c1C(=O)N1CCC(N2CCN(C)CC2)CC1. The number of fused-ring (bicyclic) bond motifs is 1. The lowest BCUT2D eigenvalue weighted by molar-refractivity contribution is -0.110. The van der Waals surface area contributed by atoms with Gasteiger partial charge in [-0.1, -0.05) is 11.6 Å².